The predicted octanol–water partition coefficient (Wildman–Crippen LogP) is -12.2. The average Bonchev–Trinajstić information content (AvgIpc) is 1.63. The Kier molecular flexibility index (Phi) is 44.5. The first-order valence-electron chi connectivity index (χ1n) is 1.74. The summed E-state index contributed by atoms with van der Waals surface area (Å²) >= 11 is 5.93. The van der Waals surface area contributed by atoms with Crippen LogP contribution in [0.3, 0.4) is 0 Å². The molecule has 0 fully saturated rings. The van der Waals surface area contributed by atoms with E-state index in [9.17, 15) is 9.59 Å². The molecule has 0 spiro atoms. The molecule has 0 aliphatic carbocycles. The Morgan fingerprint density at radius 3 is 1.15 bits per heavy atom. The third-order valence-electron chi connectivity index (χ3n) is 0.155. The summed E-state index contributed by atoms with van der Waals surface area (Å²) in [5.41, 5.74) is 0. The summed E-state index contributed by atoms with van der Waals surface area (Å²) in [6.07, 6.45) is 0. The first kappa shape index (κ1) is 29.4. The van der Waals surface area contributed by atoms with Gasteiger partial charge in [0.15, 0.2) is 0 Å². The molecule has 0 heterocycles. The molecule has 0 bridgehead atoms. The van der Waals surface area contributed by atoms with Gasteiger partial charge in [-0.2, -0.15) is 0 Å². The van der Waals surface area contributed by atoms with Crippen molar-refractivity contribution in [2.75, 3.05) is 0 Å². The van der Waals surface area contributed by atoms with Gasteiger partial charge < -0.3 is 15.1 Å². The molecule has 0 N–H and O–H groups in total. The molecule has 0 radical (unpaired) electrons. The molecule has 0 amide bonds. The summed E-state index contributed by atoms with van der Waals surface area (Å²) in [5, 5.41) is 24.3. The van der Waals surface area contributed by atoms with Crippen molar-refractivity contribution in [3.05, 3.63) is 0 Å². The van der Waals surface area contributed by atoms with E-state index in [0.717, 1.165) is 0 Å². The molecule has 0 atom stereocenters. The Morgan fingerprint density at radius 1 is 1.08 bits per heavy atom. The number of carbonyl (C=O) groups is 2. The fraction of sp³-hybridized carbons (Fsp3) is 0. The molecule has 13 heavy (non-hydrogen) atoms. The minimum absolute atomic E-state index is 0. The van der Waals surface area contributed by atoms with Gasteiger partial charge in [0, 0.05) is 22.6 Å². The zero-order valence-corrected chi connectivity index (χ0v) is 10.3. The van der Waals surface area contributed by atoms with E-state index in [1.54, 1.807) is 0 Å². The molecule has 5 nitrogen and oxygen atoms in total. The molecule has 0 unspecified atom stereocenters. The zero-order chi connectivity index (χ0) is 8.73. The van der Waals surface area contributed by atoms with Crippen LogP contribution in [-0.2, 0) is 9.59 Å². The van der Waals surface area contributed by atoms with E-state index >= 15 is 0 Å². The van der Waals surface area contributed by atoms with E-state index in [-0.39, 0.29) is 56.6 Å². The van der Waals surface area contributed by atoms with Crippen molar-refractivity contribution >= 4 is 50.5 Å². The smallest absolute Gasteiger partial charge is 0.907 e. The average molecular weight is 298 g/mol. The first-order chi connectivity index (χ1) is 4.37. The van der Waals surface area contributed by atoms with E-state index < -0.39 is 16.4 Å². The Bertz CT molecular complexity index is 122. The Morgan fingerprint density at radius 2 is 1.15 bits per heavy atom. The minimum Gasteiger partial charge on any atom is -0.907 e. The van der Waals surface area contributed by atoms with Gasteiger partial charge in [0.2, 0.25) is 0 Å². The number of hydrogen-bond donors (Lipinski definition) is 0. The van der Waals surface area contributed by atoms with Gasteiger partial charge in [0.1, 0.15) is 0 Å². The maximum absolute atomic E-state index is 9.65. The second-order valence-electron chi connectivity index (χ2n) is 0.836. The summed E-state index contributed by atoms with van der Waals surface area (Å²) in [6.45, 7) is 0. The summed E-state index contributed by atoms with van der Waals surface area (Å²) in [6, 6.07) is 0. The molecule has 0 aliphatic rings. The topological polar surface area (TPSA) is 103 Å². The van der Waals surface area contributed by atoms with Crippen LogP contribution in [0.25, 0.3) is 0 Å². The van der Waals surface area contributed by atoms with E-state index in [1.807, 2.05) is 0 Å². The van der Waals surface area contributed by atoms with Crippen molar-refractivity contribution in [3.8, 4) is 0 Å². The van der Waals surface area contributed by atoms with Crippen molar-refractivity contribution in [1.82, 2.24) is 0 Å². The molecule has 0 saturated carbocycles. The molecule has 0 aromatic carbocycles. The predicted molar refractivity (Wildman–Crippen MR) is 35.6 cm³/mol. The largest absolute Gasteiger partial charge is 1.00 e. The third-order valence-corrected chi connectivity index (χ3v) is 1.13. The van der Waals surface area contributed by atoms with E-state index in [2.05, 4.69) is 11.6 Å². The minimum atomic E-state index is -2.92. The second kappa shape index (κ2) is 19.6. The van der Waals surface area contributed by atoms with Crippen LogP contribution in [0.1, 0.15) is 0 Å². The van der Waals surface area contributed by atoms with Crippen molar-refractivity contribution in [2.45, 2.75) is 0 Å². The second-order valence-corrected chi connectivity index (χ2v) is 2.16. The molecule has 0 aliphatic heterocycles. The molecule has 0 aromatic rings. The van der Waals surface area contributed by atoms with Crippen LogP contribution in [0.15, 0.2) is 0 Å². The third kappa shape index (κ3) is 55.5. The van der Waals surface area contributed by atoms with Crippen LogP contribution in [0.5, 0.6) is 0 Å². The molecule has 0 rings (SSSR count). The van der Waals surface area contributed by atoms with Crippen molar-refractivity contribution in [3.63, 3.8) is 0 Å². The van der Waals surface area contributed by atoms with Crippen LogP contribution >= 0.6 is 34.2 Å². The summed E-state index contributed by atoms with van der Waals surface area (Å²) < 4.78 is -0.644. The van der Waals surface area contributed by atoms with Crippen molar-refractivity contribution < 1.29 is 81.2 Å². The number of halogens is 2. The summed E-state index contributed by atoms with van der Waals surface area (Å²) in [4.78, 5) is 19.2. The number of carbonyl (C=O) groups excluding carboxylic acids is 2. The van der Waals surface area contributed by atoms with Crippen molar-refractivity contribution in [2.24, 2.45) is 0 Å². The number of hydrogen-bond acceptors (Lipinski definition) is 5. The van der Waals surface area contributed by atoms with Gasteiger partial charge in [0.25, 0.3) is 9.03 Å². The summed E-state index contributed by atoms with van der Waals surface area (Å²) in [5.74, 6) is 0. The quantitative estimate of drug-likeness (QED) is 0.207. The Labute approximate surface area is 130 Å². The molecule has 58 valence electrons. The molecular weight excluding hydrogens is 298 g/mol. The van der Waals surface area contributed by atoms with Gasteiger partial charge in [-0.15, -0.1) is 0 Å². The SMILES string of the molecule is O=C(Cl)C(=O)I.[Li+].[Li+].[Li+].[O-]B([O-])[O-]. The van der Waals surface area contributed by atoms with Gasteiger partial charge in [0.05, 0.1) is 0 Å². The molecule has 0 aromatic heterocycles. The van der Waals surface area contributed by atoms with Crippen LogP contribution in [0, 0.1) is 0 Å². The van der Waals surface area contributed by atoms with Crippen LogP contribution in [-0.4, -0.2) is 16.4 Å². The van der Waals surface area contributed by atoms with Gasteiger partial charge in [-0.25, -0.2) is 0 Å². The van der Waals surface area contributed by atoms with Crippen LogP contribution < -0.4 is 71.7 Å². The molecule has 0 saturated heterocycles. The normalized spacial score (nSPS) is 5.62. The van der Waals surface area contributed by atoms with Crippen LogP contribution in [0.4, 0.5) is 0 Å². The van der Waals surface area contributed by atoms with Gasteiger partial charge in [-0.1, -0.05) is 0 Å². The van der Waals surface area contributed by atoms with E-state index in [4.69, 9.17) is 15.1 Å². The first-order valence-corrected chi connectivity index (χ1v) is 3.20. The monoisotopic (exact) mass is 298 g/mol. The van der Waals surface area contributed by atoms with E-state index in [0.29, 0.717) is 0 Å². The van der Waals surface area contributed by atoms with Crippen molar-refractivity contribution in [1.29, 1.82) is 0 Å². The Hall–Kier alpha value is 2.10. The maximum atomic E-state index is 9.65. The standard InChI is InChI=1S/C2ClIO2.BO3.3Li/c3-1(5)2(4)6;2-1(3)4;;;/q;-3;3*+1. The fourth-order valence-corrected chi connectivity index (χ4v) is 0. The van der Waals surface area contributed by atoms with Gasteiger partial charge in [-0.05, 0) is 11.6 Å². The van der Waals surface area contributed by atoms with Gasteiger partial charge in [-0.3, -0.25) is 16.9 Å². The van der Waals surface area contributed by atoms with Crippen LogP contribution in [0.2, 0.25) is 0 Å². The molecule has 11 heteroatoms. The summed E-state index contributed by atoms with van der Waals surface area (Å²) in [7, 11) is -2.92. The number of rotatable bonds is 1. The fourth-order valence-electron chi connectivity index (χ4n) is 0. The Balaban J connectivity index is -0.0000000279. The van der Waals surface area contributed by atoms with Gasteiger partial charge >= 0.3 is 56.6 Å². The van der Waals surface area contributed by atoms with E-state index in [1.165, 1.54) is 22.6 Å². The maximum Gasteiger partial charge on any atom is 1.00 e. The zero-order valence-electron chi connectivity index (χ0n) is 7.37. The molecular formula is C2BClILi3O5.